The largest absolute Gasteiger partial charge is 0.489 e. The summed E-state index contributed by atoms with van der Waals surface area (Å²) in [7, 11) is -0.646. The predicted octanol–water partition coefficient (Wildman–Crippen LogP) is 4.59. The van der Waals surface area contributed by atoms with E-state index in [0.717, 1.165) is 11.3 Å². The molecule has 3 heteroatoms. The maximum Gasteiger partial charge on any atom is 0.127 e. The number of rotatable bonds is 6. The molecule has 0 aliphatic rings. The molecule has 0 fully saturated rings. The lowest BCUT2D eigenvalue weighted by Gasteiger charge is -2.27. The van der Waals surface area contributed by atoms with E-state index in [0.29, 0.717) is 6.61 Å². The van der Waals surface area contributed by atoms with Gasteiger partial charge >= 0.3 is 0 Å². The fourth-order valence-electron chi connectivity index (χ4n) is 2.83. The Labute approximate surface area is 153 Å². The Bertz CT molecular complexity index is 689. The molecule has 0 heterocycles. The summed E-state index contributed by atoms with van der Waals surface area (Å²) >= 11 is 6.87. The highest BCUT2D eigenvalue weighted by Gasteiger charge is 2.25. The summed E-state index contributed by atoms with van der Waals surface area (Å²) in [5, 5.41) is 1.37. The van der Waals surface area contributed by atoms with Crippen LogP contribution in [0.25, 0.3) is 0 Å². The smallest absolute Gasteiger partial charge is 0.127 e. The van der Waals surface area contributed by atoms with Gasteiger partial charge in [0.15, 0.2) is 0 Å². The van der Waals surface area contributed by atoms with E-state index >= 15 is 0 Å². The van der Waals surface area contributed by atoms with E-state index in [4.69, 9.17) is 16.3 Å². The van der Waals surface area contributed by atoms with Crippen molar-refractivity contribution in [3.05, 3.63) is 71.8 Å². The fourth-order valence-corrected chi connectivity index (χ4v) is 5.00. The first-order valence-electron chi connectivity index (χ1n) is 8.39. The topological polar surface area (TPSA) is 9.23 Å². The molecule has 128 valence electrons. The maximum atomic E-state index is 6.87. The van der Waals surface area contributed by atoms with Gasteiger partial charge in [0, 0.05) is 11.1 Å². The molecule has 0 saturated carbocycles. The quantitative estimate of drug-likeness (QED) is 0.417. The molecule has 0 radical (unpaired) electrons. The fraction of sp³-hybridized carbons (Fsp3) is 0.333. The van der Waals surface area contributed by atoms with Crippen LogP contribution in [-0.2, 0) is 5.41 Å². The molecule has 0 aromatic heterocycles. The molecule has 0 bridgehead atoms. The second-order valence-electron chi connectivity index (χ2n) is 7.24. The zero-order valence-electron chi connectivity index (χ0n) is 15.1. The standard InChI is InChI=1S/C21H27ClOSi/c1-6-12-23-19-17(13-15(2)14-18(19)21(3,4)5)20(22)24-16-10-8-7-9-11-16/h6-11,13-14,20H,1,12,24H2,2-5H3. The van der Waals surface area contributed by atoms with Crippen molar-refractivity contribution in [3.63, 3.8) is 0 Å². The molecular formula is C21H27ClOSi. The number of ether oxygens (including phenoxy) is 1. The zero-order chi connectivity index (χ0) is 17.7. The van der Waals surface area contributed by atoms with Crippen LogP contribution in [0.2, 0.25) is 0 Å². The molecule has 2 aromatic rings. The van der Waals surface area contributed by atoms with Crippen LogP contribution in [-0.4, -0.2) is 16.1 Å². The average Bonchev–Trinajstić information content (AvgIpc) is 2.53. The van der Waals surface area contributed by atoms with E-state index in [1.54, 1.807) is 6.08 Å². The van der Waals surface area contributed by atoms with Gasteiger partial charge in [-0.15, -0.1) is 11.6 Å². The third kappa shape index (κ3) is 4.75. The Morgan fingerprint density at radius 1 is 1.21 bits per heavy atom. The second kappa shape index (κ2) is 8.04. The van der Waals surface area contributed by atoms with Gasteiger partial charge in [-0.25, -0.2) is 0 Å². The van der Waals surface area contributed by atoms with E-state index in [2.05, 4.69) is 70.7 Å². The third-order valence-corrected chi connectivity index (χ3v) is 6.45. The van der Waals surface area contributed by atoms with Crippen LogP contribution in [0.1, 0.15) is 42.5 Å². The van der Waals surface area contributed by atoms with Crippen molar-refractivity contribution >= 4 is 26.3 Å². The molecule has 2 rings (SSSR count). The van der Waals surface area contributed by atoms with Crippen molar-refractivity contribution in [3.8, 4) is 5.75 Å². The molecule has 0 saturated heterocycles. The van der Waals surface area contributed by atoms with Crippen molar-refractivity contribution in [1.29, 1.82) is 0 Å². The van der Waals surface area contributed by atoms with Crippen molar-refractivity contribution in [1.82, 2.24) is 0 Å². The summed E-state index contributed by atoms with van der Waals surface area (Å²) in [5.74, 6) is 0.941. The Morgan fingerprint density at radius 2 is 1.88 bits per heavy atom. The summed E-state index contributed by atoms with van der Waals surface area (Å²) in [6.45, 7) is 13.0. The van der Waals surface area contributed by atoms with Gasteiger partial charge < -0.3 is 4.74 Å². The minimum absolute atomic E-state index is 0.00217. The van der Waals surface area contributed by atoms with Gasteiger partial charge in [0.05, 0.1) is 14.5 Å². The summed E-state index contributed by atoms with van der Waals surface area (Å²) < 4.78 is 6.08. The van der Waals surface area contributed by atoms with Gasteiger partial charge in [-0.2, -0.15) is 0 Å². The molecule has 1 unspecified atom stereocenters. The highest BCUT2D eigenvalue weighted by Crippen LogP contribution is 2.39. The molecule has 1 atom stereocenters. The van der Waals surface area contributed by atoms with Crippen molar-refractivity contribution in [2.24, 2.45) is 0 Å². The van der Waals surface area contributed by atoms with E-state index in [9.17, 15) is 0 Å². The lowest BCUT2D eigenvalue weighted by Crippen LogP contribution is -2.21. The highest BCUT2D eigenvalue weighted by molar-refractivity contribution is 6.64. The summed E-state index contributed by atoms with van der Waals surface area (Å²) in [6.07, 6.45) is 1.79. The van der Waals surface area contributed by atoms with Crippen LogP contribution in [0.15, 0.2) is 55.1 Å². The van der Waals surface area contributed by atoms with Gasteiger partial charge in [-0.1, -0.05) is 86.6 Å². The Balaban J connectivity index is 2.46. The molecule has 0 aliphatic heterocycles. The third-order valence-electron chi connectivity index (χ3n) is 4.01. The van der Waals surface area contributed by atoms with Crippen molar-refractivity contribution in [2.75, 3.05) is 6.61 Å². The van der Waals surface area contributed by atoms with Crippen LogP contribution in [0.5, 0.6) is 5.75 Å². The lowest BCUT2D eigenvalue weighted by molar-refractivity contribution is 0.347. The minimum atomic E-state index is -0.646. The molecular weight excluding hydrogens is 332 g/mol. The van der Waals surface area contributed by atoms with E-state index < -0.39 is 9.52 Å². The zero-order valence-corrected chi connectivity index (χ0v) is 17.3. The number of hydrogen-bond acceptors (Lipinski definition) is 1. The van der Waals surface area contributed by atoms with Crippen LogP contribution in [0, 0.1) is 6.92 Å². The number of aryl methyl sites for hydroxylation is 1. The normalized spacial score (nSPS) is 13.2. The van der Waals surface area contributed by atoms with Crippen LogP contribution >= 0.6 is 11.6 Å². The van der Waals surface area contributed by atoms with E-state index in [1.807, 2.05) is 6.07 Å². The van der Waals surface area contributed by atoms with Crippen LogP contribution in [0.4, 0.5) is 0 Å². The number of hydrogen-bond donors (Lipinski definition) is 0. The number of halogens is 1. The van der Waals surface area contributed by atoms with Crippen molar-refractivity contribution in [2.45, 2.75) is 38.1 Å². The van der Waals surface area contributed by atoms with E-state index in [-0.39, 0.29) is 10.4 Å². The first-order valence-corrected chi connectivity index (χ1v) is 10.4. The maximum absolute atomic E-state index is 6.87. The Morgan fingerprint density at radius 3 is 2.46 bits per heavy atom. The van der Waals surface area contributed by atoms with Gasteiger partial charge in [0.2, 0.25) is 0 Å². The summed E-state index contributed by atoms with van der Waals surface area (Å²) in [6, 6.07) is 15.0. The van der Waals surface area contributed by atoms with Gasteiger partial charge in [0.25, 0.3) is 0 Å². The molecule has 1 nitrogen and oxygen atoms in total. The Kier molecular flexibility index (Phi) is 6.31. The van der Waals surface area contributed by atoms with Crippen molar-refractivity contribution < 1.29 is 4.74 Å². The second-order valence-corrected chi connectivity index (χ2v) is 10.3. The summed E-state index contributed by atoms with van der Waals surface area (Å²) in [5.41, 5.74) is 3.57. The molecule has 0 spiro atoms. The predicted molar refractivity (Wildman–Crippen MR) is 109 cm³/mol. The average molecular weight is 359 g/mol. The lowest BCUT2D eigenvalue weighted by atomic mass is 9.84. The first kappa shape index (κ1) is 18.8. The first-order chi connectivity index (χ1) is 11.3. The van der Waals surface area contributed by atoms with Gasteiger partial charge in [-0.05, 0) is 12.3 Å². The van der Waals surface area contributed by atoms with Crippen LogP contribution < -0.4 is 9.92 Å². The minimum Gasteiger partial charge on any atom is -0.489 e. The Hall–Kier alpha value is -1.51. The van der Waals surface area contributed by atoms with E-state index in [1.165, 1.54) is 16.3 Å². The summed E-state index contributed by atoms with van der Waals surface area (Å²) in [4.78, 5) is 0. The number of benzene rings is 2. The molecule has 2 aromatic carbocycles. The number of alkyl halides is 1. The highest BCUT2D eigenvalue weighted by atomic mass is 35.5. The van der Waals surface area contributed by atoms with Gasteiger partial charge in [0.1, 0.15) is 12.4 Å². The molecule has 0 aliphatic carbocycles. The van der Waals surface area contributed by atoms with Crippen LogP contribution in [0.3, 0.4) is 0 Å². The molecule has 0 N–H and O–H groups in total. The SMILES string of the molecule is C=CCOc1c(C(Cl)[SiH2]c2ccccc2)cc(C)cc1C(C)(C)C. The molecule has 24 heavy (non-hydrogen) atoms. The molecule has 0 amide bonds. The monoisotopic (exact) mass is 358 g/mol. The van der Waals surface area contributed by atoms with Gasteiger partial charge in [-0.3, -0.25) is 0 Å².